The summed E-state index contributed by atoms with van der Waals surface area (Å²) in [7, 11) is 1.75. The number of amides is 3. The third-order valence-corrected chi connectivity index (χ3v) is 4.24. The summed E-state index contributed by atoms with van der Waals surface area (Å²) in [6.45, 7) is 7.82. The van der Waals surface area contributed by atoms with Crippen molar-refractivity contribution >= 4 is 17.7 Å². The lowest BCUT2D eigenvalue weighted by Crippen LogP contribution is -2.45. The molecule has 152 valence electrons. The molecule has 26 heavy (non-hydrogen) atoms. The molecule has 7 heteroatoms. The minimum atomic E-state index is -0.0907. The maximum Gasteiger partial charge on any atom is 0.222 e. The van der Waals surface area contributed by atoms with Gasteiger partial charge in [0.15, 0.2) is 0 Å². The lowest BCUT2D eigenvalue weighted by atomic mass is 10.2. The lowest BCUT2D eigenvalue weighted by molar-refractivity contribution is -0.136. The third-order valence-electron chi connectivity index (χ3n) is 4.24. The van der Waals surface area contributed by atoms with Crippen LogP contribution in [-0.2, 0) is 14.4 Å². The molecule has 0 spiro atoms. The Morgan fingerprint density at radius 3 is 1.46 bits per heavy atom. The van der Waals surface area contributed by atoms with Crippen LogP contribution in [0.1, 0.15) is 59.3 Å². The SMILES string of the molecule is CCCC(=O)N(C)CCN(CCN(CCO)C(=O)CCC)C(=O)CCC. The van der Waals surface area contributed by atoms with Crippen molar-refractivity contribution in [3.63, 3.8) is 0 Å². The molecule has 0 aliphatic heterocycles. The molecule has 0 aromatic rings. The molecule has 0 unspecified atom stereocenters. The van der Waals surface area contributed by atoms with E-state index < -0.39 is 0 Å². The molecular weight excluding hydrogens is 334 g/mol. The number of nitrogens with zero attached hydrogens (tertiary/aromatic N) is 3. The number of hydrogen-bond acceptors (Lipinski definition) is 4. The van der Waals surface area contributed by atoms with E-state index in [4.69, 9.17) is 0 Å². The van der Waals surface area contributed by atoms with Crippen molar-refractivity contribution < 1.29 is 19.5 Å². The maximum absolute atomic E-state index is 12.4. The van der Waals surface area contributed by atoms with Crippen LogP contribution < -0.4 is 0 Å². The van der Waals surface area contributed by atoms with Crippen molar-refractivity contribution in [3.05, 3.63) is 0 Å². The van der Waals surface area contributed by atoms with E-state index in [1.807, 2.05) is 20.8 Å². The van der Waals surface area contributed by atoms with Crippen molar-refractivity contribution in [1.29, 1.82) is 0 Å². The van der Waals surface area contributed by atoms with Crippen LogP contribution in [0.3, 0.4) is 0 Å². The van der Waals surface area contributed by atoms with E-state index in [1.165, 1.54) is 0 Å². The Morgan fingerprint density at radius 1 is 0.654 bits per heavy atom. The molecule has 0 saturated carbocycles. The van der Waals surface area contributed by atoms with Gasteiger partial charge in [-0.1, -0.05) is 20.8 Å². The Labute approximate surface area is 158 Å². The van der Waals surface area contributed by atoms with E-state index in [0.717, 1.165) is 19.3 Å². The zero-order valence-electron chi connectivity index (χ0n) is 17.0. The summed E-state index contributed by atoms with van der Waals surface area (Å²) >= 11 is 0. The van der Waals surface area contributed by atoms with E-state index in [9.17, 15) is 19.5 Å². The Bertz CT molecular complexity index is 429. The molecule has 0 saturated heterocycles. The second-order valence-corrected chi connectivity index (χ2v) is 6.55. The van der Waals surface area contributed by atoms with E-state index in [0.29, 0.717) is 45.4 Å². The molecular formula is C19H37N3O4. The Hall–Kier alpha value is -1.63. The molecule has 0 aliphatic carbocycles. The van der Waals surface area contributed by atoms with Gasteiger partial charge in [-0.2, -0.15) is 0 Å². The summed E-state index contributed by atoms with van der Waals surface area (Å²) in [5.74, 6) is 0.117. The number of carbonyl (C=O) groups is 3. The van der Waals surface area contributed by atoms with Gasteiger partial charge >= 0.3 is 0 Å². The van der Waals surface area contributed by atoms with Crippen LogP contribution in [-0.4, -0.2) is 83.9 Å². The predicted molar refractivity (Wildman–Crippen MR) is 103 cm³/mol. The molecule has 0 aromatic heterocycles. The minimum absolute atomic E-state index is 0.000294. The first-order valence-corrected chi connectivity index (χ1v) is 9.81. The van der Waals surface area contributed by atoms with Gasteiger partial charge in [-0.25, -0.2) is 0 Å². The van der Waals surface area contributed by atoms with E-state index >= 15 is 0 Å². The van der Waals surface area contributed by atoms with Crippen LogP contribution in [0.25, 0.3) is 0 Å². The quantitative estimate of drug-likeness (QED) is 0.502. The highest BCUT2D eigenvalue weighted by Crippen LogP contribution is 2.03. The number of rotatable bonds is 14. The molecule has 0 fully saturated rings. The normalized spacial score (nSPS) is 10.5. The third kappa shape index (κ3) is 9.75. The van der Waals surface area contributed by atoms with Gasteiger partial charge in [-0.3, -0.25) is 14.4 Å². The van der Waals surface area contributed by atoms with Gasteiger partial charge in [-0.15, -0.1) is 0 Å². The number of carbonyl (C=O) groups excluding carboxylic acids is 3. The molecule has 3 amide bonds. The first kappa shape index (κ1) is 24.4. The van der Waals surface area contributed by atoms with Crippen LogP contribution in [0.4, 0.5) is 0 Å². The van der Waals surface area contributed by atoms with Crippen molar-refractivity contribution in [1.82, 2.24) is 14.7 Å². The summed E-state index contributed by atoms with van der Waals surface area (Å²) < 4.78 is 0. The zero-order valence-corrected chi connectivity index (χ0v) is 17.0. The van der Waals surface area contributed by atoms with Crippen LogP contribution >= 0.6 is 0 Å². The molecule has 0 aliphatic rings. The van der Waals surface area contributed by atoms with Crippen molar-refractivity contribution in [3.8, 4) is 0 Å². The second kappa shape index (κ2) is 14.5. The molecule has 0 heterocycles. The van der Waals surface area contributed by atoms with Gasteiger partial charge in [0.25, 0.3) is 0 Å². The number of likely N-dealkylation sites (N-methyl/N-ethyl adjacent to an activating group) is 1. The lowest BCUT2D eigenvalue weighted by Gasteiger charge is -2.29. The largest absolute Gasteiger partial charge is 0.395 e. The average molecular weight is 372 g/mol. The molecule has 0 rings (SSSR count). The summed E-state index contributed by atoms with van der Waals surface area (Å²) in [5, 5.41) is 9.18. The molecule has 0 bridgehead atoms. The van der Waals surface area contributed by atoms with Crippen molar-refractivity contribution in [2.24, 2.45) is 0 Å². The number of aliphatic hydroxyl groups excluding tert-OH is 1. The molecule has 0 radical (unpaired) electrons. The topological polar surface area (TPSA) is 81.2 Å². The summed E-state index contributed by atoms with van der Waals surface area (Å²) in [4.78, 5) is 41.4. The fourth-order valence-electron chi connectivity index (χ4n) is 2.63. The van der Waals surface area contributed by atoms with Gasteiger partial charge in [0.2, 0.25) is 17.7 Å². The second-order valence-electron chi connectivity index (χ2n) is 6.55. The Balaban J connectivity index is 4.78. The Morgan fingerprint density at radius 2 is 1.04 bits per heavy atom. The monoisotopic (exact) mass is 371 g/mol. The van der Waals surface area contributed by atoms with Gasteiger partial charge in [0.05, 0.1) is 6.61 Å². The Kier molecular flexibility index (Phi) is 13.6. The maximum atomic E-state index is 12.4. The van der Waals surface area contributed by atoms with Crippen molar-refractivity contribution in [2.75, 3.05) is 46.4 Å². The first-order chi connectivity index (χ1) is 12.4. The molecule has 1 N–H and O–H groups in total. The highest BCUT2D eigenvalue weighted by molar-refractivity contribution is 5.78. The van der Waals surface area contributed by atoms with Crippen LogP contribution in [0.15, 0.2) is 0 Å². The van der Waals surface area contributed by atoms with Gasteiger partial charge < -0.3 is 19.8 Å². The van der Waals surface area contributed by atoms with E-state index in [-0.39, 0.29) is 30.9 Å². The summed E-state index contributed by atoms with van der Waals surface area (Å²) in [5.41, 5.74) is 0. The predicted octanol–water partition coefficient (Wildman–Crippen LogP) is 1.49. The van der Waals surface area contributed by atoms with E-state index in [2.05, 4.69) is 0 Å². The highest BCUT2D eigenvalue weighted by Gasteiger charge is 2.18. The summed E-state index contributed by atoms with van der Waals surface area (Å²) in [6.07, 6.45) is 3.72. The molecule has 0 atom stereocenters. The first-order valence-electron chi connectivity index (χ1n) is 9.81. The minimum Gasteiger partial charge on any atom is -0.395 e. The summed E-state index contributed by atoms with van der Waals surface area (Å²) in [6, 6.07) is 0. The highest BCUT2D eigenvalue weighted by atomic mass is 16.3. The van der Waals surface area contributed by atoms with E-state index in [1.54, 1.807) is 21.7 Å². The fourth-order valence-corrected chi connectivity index (χ4v) is 2.63. The van der Waals surface area contributed by atoms with Crippen LogP contribution in [0.5, 0.6) is 0 Å². The van der Waals surface area contributed by atoms with Gasteiger partial charge in [-0.05, 0) is 19.3 Å². The average Bonchev–Trinajstić information content (AvgIpc) is 2.60. The van der Waals surface area contributed by atoms with Gasteiger partial charge in [0.1, 0.15) is 0 Å². The number of hydrogen-bond donors (Lipinski definition) is 1. The molecule has 0 aromatic carbocycles. The zero-order chi connectivity index (χ0) is 19.9. The van der Waals surface area contributed by atoms with Crippen molar-refractivity contribution in [2.45, 2.75) is 59.3 Å². The van der Waals surface area contributed by atoms with Crippen LogP contribution in [0, 0.1) is 0 Å². The number of aliphatic hydroxyl groups is 1. The molecule has 7 nitrogen and oxygen atoms in total. The van der Waals surface area contributed by atoms with Gasteiger partial charge in [0, 0.05) is 59.0 Å². The smallest absolute Gasteiger partial charge is 0.222 e. The standard InChI is InChI=1S/C19H37N3O4/c1-5-8-17(24)20(4)11-12-21(18(25)9-6-2)13-14-22(15-16-23)19(26)10-7-3/h23H,5-16H2,1-4H3. The van der Waals surface area contributed by atoms with Crippen LogP contribution in [0.2, 0.25) is 0 Å². The fraction of sp³-hybridized carbons (Fsp3) is 0.842.